The summed E-state index contributed by atoms with van der Waals surface area (Å²) in [7, 11) is 0. The summed E-state index contributed by atoms with van der Waals surface area (Å²) in [6.07, 6.45) is 0. The van der Waals surface area contributed by atoms with Gasteiger partial charge in [0, 0.05) is 10.5 Å². The molecular formula is C9H10BrClO. The zero-order chi connectivity index (χ0) is 9.14. The molecule has 0 saturated heterocycles. The van der Waals surface area contributed by atoms with Crippen molar-refractivity contribution in [3.63, 3.8) is 0 Å². The Hall–Kier alpha value is -0.210. The molecule has 0 N–H and O–H groups in total. The number of aryl methyl sites for hydroxylation is 1. The van der Waals surface area contributed by atoms with Crippen LogP contribution in [-0.4, -0.2) is 6.61 Å². The first-order valence-electron chi connectivity index (χ1n) is 3.73. The van der Waals surface area contributed by atoms with Crippen molar-refractivity contribution in [1.82, 2.24) is 0 Å². The summed E-state index contributed by atoms with van der Waals surface area (Å²) in [5.74, 6) is 0.853. The van der Waals surface area contributed by atoms with E-state index in [1.165, 1.54) is 0 Å². The standard InChI is InChI=1S/C9H10BrClO/c1-3-12-9-5-8(11)7(10)4-6(9)2/h4-5H,3H2,1-2H3. The van der Waals surface area contributed by atoms with Gasteiger partial charge in [-0.3, -0.25) is 0 Å². The fraction of sp³-hybridized carbons (Fsp3) is 0.333. The Labute approximate surface area is 85.8 Å². The highest BCUT2D eigenvalue weighted by Crippen LogP contribution is 2.30. The van der Waals surface area contributed by atoms with Crippen LogP contribution in [0.2, 0.25) is 5.02 Å². The molecule has 1 rings (SSSR count). The maximum Gasteiger partial charge on any atom is 0.123 e. The van der Waals surface area contributed by atoms with E-state index in [9.17, 15) is 0 Å². The third-order valence-corrected chi connectivity index (χ3v) is 2.71. The van der Waals surface area contributed by atoms with Gasteiger partial charge in [0.2, 0.25) is 0 Å². The molecule has 0 aromatic heterocycles. The van der Waals surface area contributed by atoms with E-state index >= 15 is 0 Å². The van der Waals surface area contributed by atoms with Gasteiger partial charge in [0.1, 0.15) is 5.75 Å². The second-order valence-electron chi connectivity index (χ2n) is 2.46. The van der Waals surface area contributed by atoms with Crippen molar-refractivity contribution < 1.29 is 4.74 Å². The average Bonchev–Trinajstić information content (AvgIpc) is 2.01. The zero-order valence-electron chi connectivity index (χ0n) is 7.03. The summed E-state index contributed by atoms with van der Waals surface area (Å²) in [4.78, 5) is 0. The molecular weight excluding hydrogens is 239 g/mol. The van der Waals surface area contributed by atoms with Crippen LogP contribution in [0, 0.1) is 6.92 Å². The van der Waals surface area contributed by atoms with Gasteiger partial charge in [-0.2, -0.15) is 0 Å². The number of benzene rings is 1. The van der Waals surface area contributed by atoms with Gasteiger partial charge in [0.15, 0.2) is 0 Å². The smallest absolute Gasteiger partial charge is 0.123 e. The van der Waals surface area contributed by atoms with Crippen LogP contribution in [0.3, 0.4) is 0 Å². The van der Waals surface area contributed by atoms with E-state index in [1.54, 1.807) is 0 Å². The van der Waals surface area contributed by atoms with Crippen molar-refractivity contribution in [1.29, 1.82) is 0 Å². The number of halogens is 2. The molecule has 0 saturated carbocycles. The van der Waals surface area contributed by atoms with Gasteiger partial charge < -0.3 is 4.74 Å². The zero-order valence-corrected chi connectivity index (χ0v) is 9.37. The SMILES string of the molecule is CCOc1cc(Cl)c(Br)cc1C. The average molecular weight is 250 g/mol. The molecule has 3 heteroatoms. The summed E-state index contributed by atoms with van der Waals surface area (Å²) in [5.41, 5.74) is 1.09. The molecule has 0 heterocycles. The van der Waals surface area contributed by atoms with Crippen LogP contribution in [-0.2, 0) is 0 Å². The van der Waals surface area contributed by atoms with Crippen LogP contribution < -0.4 is 4.74 Å². The lowest BCUT2D eigenvalue weighted by Gasteiger charge is -2.07. The largest absolute Gasteiger partial charge is 0.494 e. The molecule has 1 aromatic rings. The van der Waals surface area contributed by atoms with Crippen LogP contribution in [0.25, 0.3) is 0 Å². The minimum Gasteiger partial charge on any atom is -0.494 e. The maximum absolute atomic E-state index is 5.89. The lowest BCUT2D eigenvalue weighted by molar-refractivity contribution is 0.338. The first kappa shape index (κ1) is 9.87. The predicted octanol–water partition coefficient (Wildman–Crippen LogP) is 3.81. The Morgan fingerprint density at radius 2 is 2.17 bits per heavy atom. The van der Waals surface area contributed by atoms with E-state index in [2.05, 4.69) is 15.9 Å². The topological polar surface area (TPSA) is 9.23 Å². The van der Waals surface area contributed by atoms with Gasteiger partial charge in [-0.25, -0.2) is 0 Å². The maximum atomic E-state index is 5.89. The molecule has 0 aliphatic carbocycles. The van der Waals surface area contributed by atoms with Crippen LogP contribution >= 0.6 is 27.5 Å². The summed E-state index contributed by atoms with van der Waals surface area (Å²) < 4.78 is 6.27. The first-order chi connectivity index (χ1) is 5.65. The van der Waals surface area contributed by atoms with Gasteiger partial charge in [0.05, 0.1) is 11.6 Å². The predicted molar refractivity (Wildman–Crippen MR) is 55.1 cm³/mol. The highest BCUT2D eigenvalue weighted by Gasteiger charge is 2.03. The fourth-order valence-electron chi connectivity index (χ4n) is 0.939. The highest BCUT2D eigenvalue weighted by molar-refractivity contribution is 9.10. The second-order valence-corrected chi connectivity index (χ2v) is 3.73. The van der Waals surface area contributed by atoms with Gasteiger partial charge in [-0.15, -0.1) is 0 Å². The van der Waals surface area contributed by atoms with Crippen molar-refractivity contribution in [2.75, 3.05) is 6.61 Å². The molecule has 0 unspecified atom stereocenters. The third-order valence-electron chi connectivity index (χ3n) is 1.52. The second kappa shape index (κ2) is 4.15. The molecule has 12 heavy (non-hydrogen) atoms. The number of hydrogen-bond acceptors (Lipinski definition) is 1. The fourth-order valence-corrected chi connectivity index (χ4v) is 1.55. The van der Waals surface area contributed by atoms with Gasteiger partial charge in [-0.1, -0.05) is 11.6 Å². The molecule has 0 fully saturated rings. The van der Waals surface area contributed by atoms with E-state index in [4.69, 9.17) is 16.3 Å². The lowest BCUT2D eigenvalue weighted by Crippen LogP contribution is -1.93. The van der Waals surface area contributed by atoms with Gasteiger partial charge in [-0.05, 0) is 41.4 Å². The molecule has 1 aromatic carbocycles. The van der Waals surface area contributed by atoms with E-state index in [0.29, 0.717) is 11.6 Å². The Balaban J connectivity index is 3.05. The number of rotatable bonds is 2. The molecule has 1 nitrogen and oxygen atoms in total. The van der Waals surface area contributed by atoms with E-state index < -0.39 is 0 Å². The van der Waals surface area contributed by atoms with Crippen molar-refractivity contribution in [2.45, 2.75) is 13.8 Å². The van der Waals surface area contributed by atoms with E-state index in [-0.39, 0.29) is 0 Å². The van der Waals surface area contributed by atoms with Crippen LogP contribution in [0.1, 0.15) is 12.5 Å². The van der Waals surface area contributed by atoms with Crippen LogP contribution in [0.4, 0.5) is 0 Å². The third kappa shape index (κ3) is 2.14. The number of hydrogen-bond donors (Lipinski definition) is 0. The van der Waals surface area contributed by atoms with Gasteiger partial charge >= 0.3 is 0 Å². The highest BCUT2D eigenvalue weighted by atomic mass is 79.9. The summed E-state index contributed by atoms with van der Waals surface area (Å²) in [5, 5.41) is 0.684. The molecule has 0 radical (unpaired) electrons. The lowest BCUT2D eigenvalue weighted by atomic mass is 10.2. The molecule has 0 bridgehead atoms. The molecule has 0 atom stereocenters. The normalized spacial score (nSPS) is 10.0. The molecule has 0 amide bonds. The van der Waals surface area contributed by atoms with E-state index in [1.807, 2.05) is 26.0 Å². The minimum absolute atomic E-state index is 0.665. The minimum atomic E-state index is 0.665. The Kier molecular flexibility index (Phi) is 3.41. The van der Waals surface area contributed by atoms with Crippen molar-refractivity contribution in [3.8, 4) is 5.75 Å². The summed E-state index contributed by atoms with van der Waals surface area (Å²) >= 11 is 9.24. The monoisotopic (exact) mass is 248 g/mol. The van der Waals surface area contributed by atoms with Crippen LogP contribution in [0.15, 0.2) is 16.6 Å². The quantitative estimate of drug-likeness (QED) is 0.774. The Bertz CT molecular complexity index is 286. The van der Waals surface area contributed by atoms with Crippen LogP contribution in [0.5, 0.6) is 5.75 Å². The molecule has 0 spiro atoms. The van der Waals surface area contributed by atoms with E-state index in [0.717, 1.165) is 15.8 Å². The van der Waals surface area contributed by atoms with Crippen molar-refractivity contribution in [3.05, 3.63) is 27.2 Å². The first-order valence-corrected chi connectivity index (χ1v) is 4.90. The number of ether oxygens (including phenoxy) is 1. The summed E-state index contributed by atoms with van der Waals surface area (Å²) in [6.45, 7) is 4.61. The van der Waals surface area contributed by atoms with Gasteiger partial charge in [0.25, 0.3) is 0 Å². The molecule has 0 aliphatic rings. The molecule has 0 aliphatic heterocycles. The summed E-state index contributed by atoms with van der Waals surface area (Å²) in [6, 6.07) is 3.78. The molecule has 66 valence electrons. The Morgan fingerprint density at radius 1 is 1.50 bits per heavy atom. The van der Waals surface area contributed by atoms with Crippen molar-refractivity contribution >= 4 is 27.5 Å². The van der Waals surface area contributed by atoms with Crippen molar-refractivity contribution in [2.24, 2.45) is 0 Å². The Morgan fingerprint density at radius 3 is 2.75 bits per heavy atom.